The Labute approximate surface area is 286 Å². The quantitative estimate of drug-likeness (QED) is 0.183. The van der Waals surface area contributed by atoms with Gasteiger partial charge in [-0.05, 0) is 60.2 Å². The molecule has 13 heteroatoms. The summed E-state index contributed by atoms with van der Waals surface area (Å²) < 4.78 is 33.9. The molecular formula is C36H28ClN7O4S. The Bertz CT molecular complexity index is 2470. The number of halogens is 1. The summed E-state index contributed by atoms with van der Waals surface area (Å²) in [6, 6.07) is 32.6. The standard InChI is InChI=1S/C36H28ClN7O4S/c1-48-29-18-8-23(9-19-29)22-39-36-38-21-20-30(40-36)24-10-12-25(13-11-24)32-41-33-31(35(45)43(32)27-16-14-26(37)15-17-27)34(49(2,46)47)42-44(33)28-6-4-3-5-7-28/h3-21H,22H2,1-2H3,(H,38,39,40). The van der Waals surface area contributed by atoms with Crippen molar-refractivity contribution in [2.24, 2.45) is 0 Å². The Kier molecular flexibility index (Phi) is 8.41. The lowest BCUT2D eigenvalue weighted by Crippen LogP contribution is -2.23. The molecule has 0 atom stereocenters. The molecule has 3 aromatic heterocycles. The summed E-state index contributed by atoms with van der Waals surface area (Å²) in [5.41, 5.74) is 3.70. The van der Waals surface area contributed by atoms with Gasteiger partial charge in [-0.2, -0.15) is 5.10 Å². The van der Waals surface area contributed by atoms with Crippen molar-refractivity contribution in [1.82, 2.24) is 29.3 Å². The van der Waals surface area contributed by atoms with Crippen LogP contribution in [0.1, 0.15) is 5.56 Å². The van der Waals surface area contributed by atoms with E-state index in [-0.39, 0.29) is 21.9 Å². The normalized spacial score (nSPS) is 11.5. The van der Waals surface area contributed by atoms with Crippen molar-refractivity contribution in [3.8, 4) is 39.8 Å². The lowest BCUT2D eigenvalue weighted by molar-refractivity contribution is 0.414. The molecule has 7 aromatic rings. The minimum atomic E-state index is -3.91. The second-order valence-electron chi connectivity index (χ2n) is 11.1. The van der Waals surface area contributed by atoms with Crippen LogP contribution in [0.2, 0.25) is 5.02 Å². The third-order valence-corrected chi connectivity index (χ3v) is 9.05. The Balaban J connectivity index is 1.32. The number of sulfone groups is 1. The second-order valence-corrected chi connectivity index (χ2v) is 13.5. The van der Waals surface area contributed by atoms with E-state index >= 15 is 0 Å². The number of benzene rings is 4. The van der Waals surface area contributed by atoms with Crippen LogP contribution < -0.4 is 15.6 Å². The van der Waals surface area contributed by atoms with E-state index in [4.69, 9.17) is 26.3 Å². The van der Waals surface area contributed by atoms with Gasteiger partial charge in [0.2, 0.25) is 5.95 Å². The number of ether oxygens (including phenoxy) is 1. The van der Waals surface area contributed by atoms with E-state index in [1.807, 2.05) is 60.7 Å². The van der Waals surface area contributed by atoms with E-state index in [0.717, 1.165) is 23.1 Å². The third-order valence-electron chi connectivity index (χ3n) is 7.81. The average Bonchev–Trinajstić information content (AvgIpc) is 3.53. The van der Waals surface area contributed by atoms with Gasteiger partial charge in [-0.3, -0.25) is 9.36 Å². The predicted molar refractivity (Wildman–Crippen MR) is 189 cm³/mol. The molecule has 244 valence electrons. The Morgan fingerprint density at radius 3 is 2.18 bits per heavy atom. The molecule has 0 aliphatic rings. The number of hydrogen-bond acceptors (Lipinski definition) is 9. The van der Waals surface area contributed by atoms with Gasteiger partial charge in [-0.1, -0.05) is 66.2 Å². The zero-order chi connectivity index (χ0) is 34.1. The van der Waals surface area contributed by atoms with Crippen molar-refractivity contribution < 1.29 is 13.2 Å². The molecule has 0 fully saturated rings. The molecule has 3 heterocycles. The van der Waals surface area contributed by atoms with E-state index in [1.54, 1.807) is 61.8 Å². The van der Waals surface area contributed by atoms with E-state index in [0.29, 0.717) is 40.1 Å². The first-order chi connectivity index (χ1) is 23.7. The molecule has 0 spiro atoms. The van der Waals surface area contributed by atoms with Gasteiger partial charge in [0.25, 0.3) is 5.56 Å². The van der Waals surface area contributed by atoms with E-state index in [1.165, 1.54) is 9.25 Å². The van der Waals surface area contributed by atoms with Gasteiger partial charge >= 0.3 is 0 Å². The SMILES string of the molecule is COc1ccc(CNc2nccc(-c3ccc(-c4nc5c(c(S(C)(=O)=O)nn5-c5ccccc5)c(=O)n4-c4ccc(Cl)cc4)cc3)n2)cc1. The van der Waals surface area contributed by atoms with E-state index in [2.05, 4.69) is 15.4 Å². The van der Waals surface area contributed by atoms with Crippen LogP contribution in [0, 0.1) is 0 Å². The summed E-state index contributed by atoms with van der Waals surface area (Å²) in [6.07, 6.45) is 2.71. The highest BCUT2D eigenvalue weighted by Gasteiger charge is 2.27. The predicted octanol–water partition coefficient (Wildman–Crippen LogP) is 6.37. The number of anilines is 1. The van der Waals surface area contributed by atoms with Crippen molar-refractivity contribution in [3.05, 3.63) is 136 Å². The second kappa shape index (κ2) is 13.0. The van der Waals surface area contributed by atoms with Crippen LogP contribution in [0.5, 0.6) is 5.75 Å². The van der Waals surface area contributed by atoms with Gasteiger partial charge in [0, 0.05) is 35.1 Å². The molecule has 7 rings (SSSR count). The minimum absolute atomic E-state index is 0.114. The number of nitrogens with zero attached hydrogens (tertiary/aromatic N) is 6. The fourth-order valence-electron chi connectivity index (χ4n) is 5.39. The zero-order valence-electron chi connectivity index (χ0n) is 26.3. The first kappa shape index (κ1) is 31.7. The van der Waals surface area contributed by atoms with Crippen LogP contribution >= 0.6 is 11.6 Å². The van der Waals surface area contributed by atoms with E-state index in [9.17, 15) is 13.2 Å². The highest BCUT2D eigenvalue weighted by atomic mass is 35.5. The number of para-hydroxylation sites is 1. The molecule has 0 amide bonds. The molecule has 4 aromatic carbocycles. The summed E-state index contributed by atoms with van der Waals surface area (Å²) in [5, 5.41) is 7.66. The van der Waals surface area contributed by atoms with Crippen LogP contribution in [-0.2, 0) is 16.4 Å². The van der Waals surface area contributed by atoms with Crippen molar-refractivity contribution in [2.75, 3.05) is 18.7 Å². The van der Waals surface area contributed by atoms with E-state index < -0.39 is 15.4 Å². The van der Waals surface area contributed by atoms with Crippen LogP contribution in [-0.4, -0.2) is 51.1 Å². The molecule has 0 radical (unpaired) electrons. The molecule has 49 heavy (non-hydrogen) atoms. The van der Waals surface area contributed by atoms with Crippen LogP contribution in [0.15, 0.2) is 125 Å². The van der Waals surface area contributed by atoms with Gasteiger partial charge in [-0.15, -0.1) is 0 Å². The first-order valence-electron chi connectivity index (χ1n) is 15.1. The molecular weight excluding hydrogens is 662 g/mol. The lowest BCUT2D eigenvalue weighted by atomic mass is 10.1. The highest BCUT2D eigenvalue weighted by Crippen LogP contribution is 2.29. The number of fused-ring (bicyclic) bond motifs is 1. The van der Waals surface area contributed by atoms with Gasteiger partial charge in [0.05, 0.1) is 24.2 Å². The summed E-state index contributed by atoms with van der Waals surface area (Å²) in [7, 11) is -2.28. The number of methoxy groups -OCH3 is 1. The smallest absolute Gasteiger partial charge is 0.270 e. The molecule has 0 bridgehead atoms. The number of nitrogens with one attached hydrogen (secondary N) is 1. The maximum Gasteiger partial charge on any atom is 0.270 e. The molecule has 1 N–H and O–H groups in total. The van der Waals surface area contributed by atoms with Crippen molar-refractivity contribution in [1.29, 1.82) is 0 Å². The molecule has 11 nitrogen and oxygen atoms in total. The highest BCUT2D eigenvalue weighted by molar-refractivity contribution is 7.90. The van der Waals surface area contributed by atoms with Crippen LogP contribution in [0.25, 0.3) is 45.1 Å². The Morgan fingerprint density at radius 1 is 0.816 bits per heavy atom. The summed E-state index contributed by atoms with van der Waals surface area (Å²) in [5.74, 6) is 1.54. The largest absolute Gasteiger partial charge is 0.497 e. The molecule has 0 unspecified atom stereocenters. The van der Waals surface area contributed by atoms with Crippen LogP contribution in [0.3, 0.4) is 0 Å². The molecule has 0 aliphatic carbocycles. The molecule has 0 saturated heterocycles. The third kappa shape index (κ3) is 6.39. The molecule has 0 aliphatic heterocycles. The topological polar surface area (TPSA) is 134 Å². The van der Waals surface area contributed by atoms with Gasteiger partial charge in [-0.25, -0.2) is 28.1 Å². The fourth-order valence-corrected chi connectivity index (χ4v) is 6.30. The van der Waals surface area contributed by atoms with Gasteiger partial charge in [0.1, 0.15) is 17.0 Å². The lowest BCUT2D eigenvalue weighted by Gasteiger charge is -2.14. The maximum absolute atomic E-state index is 14.4. The minimum Gasteiger partial charge on any atom is -0.497 e. The summed E-state index contributed by atoms with van der Waals surface area (Å²) in [4.78, 5) is 28.4. The zero-order valence-corrected chi connectivity index (χ0v) is 27.9. The average molecular weight is 690 g/mol. The number of aromatic nitrogens is 6. The van der Waals surface area contributed by atoms with Crippen molar-refractivity contribution in [3.63, 3.8) is 0 Å². The number of rotatable bonds is 9. The Morgan fingerprint density at radius 2 is 1.51 bits per heavy atom. The van der Waals surface area contributed by atoms with Crippen molar-refractivity contribution >= 4 is 38.4 Å². The molecule has 0 saturated carbocycles. The van der Waals surface area contributed by atoms with Gasteiger partial charge < -0.3 is 10.1 Å². The maximum atomic E-state index is 14.4. The summed E-state index contributed by atoms with van der Waals surface area (Å²) >= 11 is 6.18. The monoisotopic (exact) mass is 689 g/mol. The fraction of sp³-hybridized carbons (Fsp3) is 0.0833. The van der Waals surface area contributed by atoms with Crippen molar-refractivity contribution in [2.45, 2.75) is 11.6 Å². The first-order valence-corrected chi connectivity index (χ1v) is 17.3. The van der Waals surface area contributed by atoms with Crippen LogP contribution in [0.4, 0.5) is 5.95 Å². The Hall–Kier alpha value is -5.85. The van der Waals surface area contributed by atoms with Gasteiger partial charge in [0.15, 0.2) is 20.5 Å². The summed E-state index contributed by atoms with van der Waals surface area (Å²) in [6.45, 7) is 0.531. The number of hydrogen-bond donors (Lipinski definition) is 1.